The van der Waals surface area contributed by atoms with Gasteiger partial charge in [0.2, 0.25) is 5.91 Å². The Kier molecular flexibility index (Phi) is 4.91. The minimum atomic E-state index is -0.323. The van der Waals surface area contributed by atoms with Crippen LogP contribution < -0.4 is 5.32 Å². The van der Waals surface area contributed by atoms with Crippen LogP contribution >= 0.6 is 35.0 Å². The number of nitrogens with one attached hydrogen (secondary N) is 1. The maximum absolute atomic E-state index is 12.1. The summed E-state index contributed by atoms with van der Waals surface area (Å²) in [6.45, 7) is 1.79. The molecule has 2 aromatic rings. The predicted octanol–water partition coefficient (Wildman–Crippen LogP) is 3.24. The highest BCUT2D eigenvalue weighted by Gasteiger charge is 2.17. The van der Waals surface area contributed by atoms with Crippen LogP contribution in [0.3, 0.4) is 0 Å². The summed E-state index contributed by atoms with van der Waals surface area (Å²) >= 11 is 13.1. The van der Waals surface area contributed by atoms with Gasteiger partial charge in [0.05, 0.1) is 5.25 Å². The lowest BCUT2D eigenvalue weighted by atomic mass is 10.3. The van der Waals surface area contributed by atoms with Crippen LogP contribution in [0.5, 0.6) is 0 Å². The first kappa shape index (κ1) is 15.2. The third kappa shape index (κ3) is 3.88. The van der Waals surface area contributed by atoms with Crippen molar-refractivity contribution in [3.63, 3.8) is 0 Å². The first-order valence-corrected chi connectivity index (χ1v) is 7.37. The van der Waals surface area contributed by atoms with Crippen LogP contribution in [0, 0.1) is 0 Å². The molecule has 0 bridgehead atoms. The number of rotatable bonds is 4. The molecular weight excluding hydrogens is 319 g/mol. The van der Waals surface area contributed by atoms with E-state index in [1.807, 2.05) is 7.05 Å². The number of benzene rings is 1. The van der Waals surface area contributed by atoms with Crippen molar-refractivity contribution in [2.24, 2.45) is 7.05 Å². The molecule has 1 atom stereocenters. The molecule has 1 aromatic heterocycles. The smallest absolute Gasteiger partial charge is 0.237 e. The average Bonchev–Trinajstić information content (AvgIpc) is 2.73. The number of hydrogen-bond acceptors (Lipinski definition) is 4. The first-order valence-electron chi connectivity index (χ1n) is 5.73. The van der Waals surface area contributed by atoms with Gasteiger partial charge in [0.25, 0.3) is 0 Å². The number of anilines is 1. The van der Waals surface area contributed by atoms with Gasteiger partial charge in [-0.3, -0.25) is 4.79 Å². The highest BCUT2D eigenvalue weighted by atomic mass is 35.5. The number of aryl methyl sites for hydroxylation is 1. The first-order chi connectivity index (χ1) is 9.45. The number of hydrogen-bond donors (Lipinski definition) is 1. The van der Waals surface area contributed by atoms with Crippen molar-refractivity contribution in [1.82, 2.24) is 14.8 Å². The molecule has 1 heterocycles. The lowest BCUT2D eigenvalue weighted by molar-refractivity contribution is -0.115. The summed E-state index contributed by atoms with van der Waals surface area (Å²) in [6, 6.07) is 4.90. The zero-order chi connectivity index (χ0) is 14.7. The lowest BCUT2D eigenvalue weighted by Gasteiger charge is -2.11. The molecule has 0 spiro atoms. The standard InChI is InChI=1S/C12H12Cl2N4OS/c1-7(20-12-17-15-6-18(12)2)11(19)16-10-4-8(13)3-9(14)5-10/h3-7H,1-2H3,(H,16,19). The number of nitrogens with zero attached hydrogens (tertiary/aromatic N) is 3. The largest absolute Gasteiger partial charge is 0.325 e. The van der Waals surface area contributed by atoms with E-state index in [2.05, 4.69) is 15.5 Å². The van der Waals surface area contributed by atoms with E-state index in [9.17, 15) is 4.79 Å². The van der Waals surface area contributed by atoms with Gasteiger partial charge in [0, 0.05) is 22.8 Å². The summed E-state index contributed by atoms with van der Waals surface area (Å²) in [5, 5.41) is 11.8. The Bertz CT molecular complexity index is 611. The van der Waals surface area contributed by atoms with E-state index in [1.54, 1.807) is 36.0 Å². The van der Waals surface area contributed by atoms with Crippen LogP contribution in [0.1, 0.15) is 6.92 Å². The molecule has 0 aliphatic rings. The highest BCUT2D eigenvalue weighted by Crippen LogP contribution is 2.25. The molecule has 0 radical (unpaired) electrons. The summed E-state index contributed by atoms with van der Waals surface area (Å²) in [4.78, 5) is 12.1. The molecular formula is C12H12Cl2N4OS. The van der Waals surface area contributed by atoms with Crippen LogP contribution in [0.25, 0.3) is 0 Å². The lowest BCUT2D eigenvalue weighted by Crippen LogP contribution is -2.22. The Hall–Kier alpha value is -1.24. The fraction of sp³-hybridized carbons (Fsp3) is 0.250. The van der Waals surface area contributed by atoms with Crippen molar-refractivity contribution in [2.45, 2.75) is 17.3 Å². The zero-order valence-electron chi connectivity index (χ0n) is 10.8. The Morgan fingerprint density at radius 1 is 1.35 bits per heavy atom. The molecule has 1 N–H and O–H groups in total. The number of carbonyl (C=O) groups is 1. The molecule has 106 valence electrons. The normalized spacial score (nSPS) is 12.2. The third-order valence-corrected chi connectivity index (χ3v) is 4.04. The van der Waals surface area contributed by atoms with Gasteiger partial charge < -0.3 is 9.88 Å². The van der Waals surface area contributed by atoms with Gasteiger partial charge in [-0.25, -0.2) is 0 Å². The third-order valence-electron chi connectivity index (χ3n) is 2.45. The van der Waals surface area contributed by atoms with E-state index >= 15 is 0 Å². The molecule has 1 unspecified atom stereocenters. The van der Waals surface area contributed by atoms with Crippen LogP contribution in [0.15, 0.2) is 29.7 Å². The number of carbonyl (C=O) groups excluding carboxylic acids is 1. The fourth-order valence-electron chi connectivity index (χ4n) is 1.46. The molecule has 0 saturated heterocycles. The van der Waals surface area contributed by atoms with Crippen molar-refractivity contribution in [2.75, 3.05) is 5.32 Å². The van der Waals surface area contributed by atoms with E-state index in [-0.39, 0.29) is 11.2 Å². The molecule has 0 aliphatic heterocycles. The molecule has 0 aliphatic carbocycles. The number of halogens is 2. The van der Waals surface area contributed by atoms with Gasteiger partial charge in [0.15, 0.2) is 5.16 Å². The van der Waals surface area contributed by atoms with Gasteiger partial charge >= 0.3 is 0 Å². The monoisotopic (exact) mass is 330 g/mol. The van der Waals surface area contributed by atoms with E-state index in [0.29, 0.717) is 20.9 Å². The summed E-state index contributed by atoms with van der Waals surface area (Å²) in [5.74, 6) is -0.156. The maximum Gasteiger partial charge on any atom is 0.237 e. The fourth-order valence-corrected chi connectivity index (χ4v) is 2.78. The Labute approximate surface area is 130 Å². The van der Waals surface area contributed by atoms with Crippen molar-refractivity contribution in [1.29, 1.82) is 0 Å². The molecule has 20 heavy (non-hydrogen) atoms. The van der Waals surface area contributed by atoms with Crippen molar-refractivity contribution < 1.29 is 4.79 Å². The molecule has 5 nitrogen and oxygen atoms in total. The second-order valence-electron chi connectivity index (χ2n) is 4.13. The van der Waals surface area contributed by atoms with E-state index in [0.717, 1.165) is 0 Å². The van der Waals surface area contributed by atoms with Crippen LogP contribution in [-0.2, 0) is 11.8 Å². The van der Waals surface area contributed by atoms with E-state index in [1.165, 1.54) is 11.8 Å². The topological polar surface area (TPSA) is 59.8 Å². The minimum absolute atomic E-state index is 0.156. The quantitative estimate of drug-likeness (QED) is 0.874. The van der Waals surface area contributed by atoms with Gasteiger partial charge in [0.1, 0.15) is 6.33 Å². The van der Waals surface area contributed by atoms with Gasteiger partial charge in [-0.1, -0.05) is 35.0 Å². The van der Waals surface area contributed by atoms with E-state index in [4.69, 9.17) is 23.2 Å². The number of amides is 1. The number of aromatic nitrogens is 3. The Balaban J connectivity index is 2.02. The second kappa shape index (κ2) is 6.47. The van der Waals surface area contributed by atoms with Gasteiger partial charge in [-0.15, -0.1) is 10.2 Å². The van der Waals surface area contributed by atoms with Crippen LogP contribution in [-0.4, -0.2) is 25.9 Å². The molecule has 0 fully saturated rings. The average molecular weight is 331 g/mol. The second-order valence-corrected chi connectivity index (χ2v) is 6.31. The van der Waals surface area contributed by atoms with Gasteiger partial charge in [-0.2, -0.15) is 0 Å². The molecule has 2 rings (SSSR count). The van der Waals surface area contributed by atoms with Crippen molar-refractivity contribution in [3.8, 4) is 0 Å². The highest BCUT2D eigenvalue weighted by molar-refractivity contribution is 8.00. The summed E-state index contributed by atoms with van der Waals surface area (Å²) in [7, 11) is 1.82. The maximum atomic E-state index is 12.1. The predicted molar refractivity (Wildman–Crippen MR) is 81.4 cm³/mol. The molecule has 1 amide bonds. The summed E-state index contributed by atoms with van der Waals surface area (Å²) in [5.41, 5.74) is 0.568. The van der Waals surface area contributed by atoms with Crippen LogP contribution in [0.2, 0.25) is 10.0 Å². The molecule has 1 aromatic carbocycles. The number of thioether (sulfide) groups is 1. The SMILES string of the molecule is CC(Sc1nncn1C)C(=O)Nc1cc(Cl)cc(Cl)c1. The molecule has 0 saturated carbocycles. The van der Waals surface area contributed by atoms with Crippen LogP contribution in [0.4, 0.5) is 5.69 Å². The molecule has 8 heteroatoms. The minimum Gasteiger partial charge on any atom is -0.325 e. The zero-order valence-corrected chi connectivity index (χ0v) is 13.1. The van der Waals surface area contributed by atoms with E-state index < -0.39 is 0 Å². The van der Waals surface area contributed by atoms with Crippen molar-refractivity contribution >= 4 is 46.6 Å². The summed E-state index contributed by atoms with van der Waals surface area (Å²) < 4.78 is 1.75. The Morgan fingerprint density at radius 2 is 2.00 bits per heavy atom. The van der Waals surface area contributed by atoms with Gasteiger partial charge in [-0.05, 0) is 25.1 Å². The Morgan fingerprint density at radius 3 is 2.55 bits per heavy atom. The summed E-state index contributed by atoms with van der Waals surface area (Å²) in [6.07, 6.45) is 1.59. The van der Waals surface area contributed by atoms with Crippen molar-refractivity contribution in [3.05, 3.63) is 34.6 Å².